The van der Waals surface area contributed by atoms with Crippen LogP contribution in [-0.2, 0) is 18.9 Å². The van der Waals surface area contributed by atoms with Crippen molar-refractivity contribution in [2.24, 2.45) is 0 Å². The van der Waals surface area contributed by atoms with Crippen molar-refractivity contribution in [1.82, 2.24) is 0 Å². The molecule has 3 aromatic carbocycles. The highest BCUT2D eigenvalue weighted by molar-refractivity contribution is 5.90. The van der Waals surface area contributed by atoms with Crippen molar-refractivity contribution in [1.29, 1.82) is 0 Å². The SMILES string of the molecule is COc1ccc(OCOC(C)COC(=O)c2ccc(OCOC(C)COC(=O)c3ccc(OC)cc3)cc2)cc1. The van der Waals surface area contributed by atoms with Crippen LogP contribution in [0.5, 0.6) is 23.0 Å². The van der Waals surface area contributed by atoms with E-state index in [0.717, 1.165) is 5.75 Å². The van der Waals surface area contributed by atoms with E-state index in [4.69, 9.17) is 37.9 Å². The van der Waals surface area contributed by atoms with Crippen molar-refractivity contribution in [3.05, 3.63) is 83.9 Å². The molecule has 0 saturated carbocycles. The van der Waals surface area contributed by atoms with E-state index in [2.05, 4.69) is 0 Å². The number of benzene rings is 3. The molecule has 0 fully saturated rings. The highest BCUT2D eigenvalue weighted by atomic mass is 16.7. The Morgan fingerprint density at radius 3 is 1.25 bits per heavy atom. The molecular formula is C30H34O10. The van der Waals surface area contributed by atoms with E-state index in [0.29, 0.717) is 28.4 Å². The van der Waals surface area contributed by atoms with Gasteiger partial charge in [-0.05, 0) is 86.6 Å². The van der Waals surface area contributed by atoms with E-state index in [9.17, 15) is 9.59 Å². The normalized spacial score (nSPS) is 12.1. The van der Waals surface area contributed by atoms with Gasteiger partial charge in [-0.1, -0.05) is 0 Å². The number of rotatable bonds is 16. The van der Waals surface area contributed by atoms with Crippen LogP contribution in [0.2, 0.25) is 0 Å². The fourth-order valence-electron chi connectivity index (χ4n) is 3.17. The van der Waals surface area contributed by atoms with Crippen LogP contribution in [-0.4, -0.2) is 65.2 Å². The van der Waals surface area contributed by atoms with Crippen LogP contribution in [0.1, 0.15) is 34.6 Å². The number of hydrogen-bond donors (Lipinski definition) is 0. The summed E-state index contributed by atoms with van der Waals surface area (Å²) in [5, 5.41) is 0. The molecule has 0 saturated heterocycles. The van der Waals surface area contributed by atoms with E-state index < -0.39 is 11.9 Å². The molecule has 40 heavy (non-hydrogen) atoms. The van der Waals surface area contributed by atoms with Crippen molar-refractivity contribution < 1.29 is 47.5 Å². The molecule has 3 rings (SSSR count). The second kappa shape index (κ2) is 16.0. The number of methoxy groups -OCH3 is 2. The Kier molecular flexibility index (Phi) is 12.1. The lowest BCUT2D eigenvalue weighted by Crippen LogP contribution is -2.21. The molecule has 0 aliphatic rings. The maximum atomic E-state index is 12.3. The topological polar surface area (TPSA) is 108 Å². The van der Waals surface area contributed by atoms with Gasteiger partial charge in [0.1, 0.15) is 36.2 Å². The molecule has 3 aromatic rings. The molecule has 2 unspecified atom stereocenters. The average Bonchev–Trinajstić information content (AvgIpc) is 2.99. The molecule has 2 atom stereocenters. The summed E-state index contributed by atoms with van der Waals surface area (Å²) in [7, 11) is 3.15. The lowest BCUT2D eigenvalue weighted by atomic mass is 10.2. The summed E-state index contributed by atoms with van der Waals surface area (Å²) in [6, 6.07) is 20.2. The number of carbonyl (C=O) groups is 2. The number of hydrogen-bond acceptors (Lipinski definition) is 10. The minimum Gasteiger partial charge on any atom is -0.497 e. The molecule has 0 heterocycles. The van der Waals surface area contributed by atoms with Gasteiger partial charge in [-0.25, -0.2) is 9.59 Å². The van der Waals surface area contributed by atoms with Crippen LogP contribution in [0, 0.1) is 0 Å². The quantitative estimate of drug-likeness (QED) is 0.179. The lowest BCUT2D eigenvalue weighted by molar-refractivity contribution is -0.0546. The van der Waals surface area contributed by atoms with Crippen molar-refractivity contribution in [3.63, 3.8) is 0 Å². The summed E-state index contributed by atoms with van der Waals surface area (Å²) >= 11 is 0. The Morgan fingerprint density at radius 1 is 0.550 bits per heavy atom. The standard InChI is InChI=1S/C30H34O10/c1-21(17-35-29(31)23-5-9-25(33-3)10-6-23)37-19-39-27-11-7-24(8-12-27)30(32)36-18-22(2)38-20-40-28-15-13-26(34-4)14-16-28/h5-16,21-22H,17-20H2,1-4H3. The van der Waals surface area contributed by atoms with E-state index in [1.54, 1.807) is 101 Å². The molecule has 10 nitrogen and oxygen atoms in total. The summed E-state index contributed by atoms with van der Waals surface area (Å²) in [5.74, 6) is 1.60. The highest BCUT2D eigenvalue weighted by Gasteiger charge is 2.13. The minimum absolute atomic E-state index is 0.0167. The number of esters is 2. The van der Waals surface area contributed by atoms with Crippen LogP contribution >= 0.6 is 0 Å². The first-order chi connectivity index (χ1) is 19.4. The van der Waals surface area contributed by atoms with Gasteiger partial charge in [0, 0.05) is 0 Å². The van der Waals surface area contributed by atoms with Crippen LogP contribution in [0.25, 0.3) is 0 Å². The molecular weight excluding hydrogens is 520 g/mol. The zero-order valence-electron chi connectivity index (χ0n) is 23.0. The fraction of sp³-hybridized carbons (Fsp3) is 0.333. The van der Waals surface area contributed by atoms with Gasteiger partial charge in [-0.3, -0.25) is 0 Å². The van der Waals surface area contributed by atoms with E-state index in [-0.39, 0.29) is 39.0 Å². The minimum atomic E-state index is -0.485. The molecule has 10 heteroatoms. The molecule has 214 valence electrons. The van der Waals surface area contributed by atoms with Crippen LogP contribution in [0.3, 0.4) is 0 Å². The summed E-state index contributed by atoms with van der Waals surface area (Å²) in [4.78, 5) is 24.5. The van der Waals surface area contributed by atoms with Gasteiger partial charge in [0.2, 0.25) is 0 Å². The first-order valence-electron chi connectivity index (χ1n) is 12.6. The van der Waals surface area contributed by atoms with Crippen LogP contribution in [0.15, 0.2) is 72.8 Å². The first-order valence-corrected chi connectivity index (χ1v) is 12.6. The van der Waals surface area contributed by atoms with E-state index in [1.165, 1.54) is 0 Å². The van der Waals surface area contributed by atoms with Crippen molar-refractivity contribution in [2.75, 3.05) is 41.0 Å². The van der Waals surface area contributed by atoms with Gasteiger partial charge < -0.3 is 37.9 Å². The van der Waals surface area contributed by atoms with Crippen LogP contribution in [0.4, 0.5) is 0 Å². The lowest BCUT2D eigenvalue weighted by Gasteiger charge is -2.15. The van der Waals surface area contributed by atoms with Gasteiger partial charge in [0.05, 0.1) is 37.6 Å². The Hall–Kier alpha value is -4.28. The molecule has 0 spiro atoms. The van der Waals surface area contributed by atoms with E-state index >= 15 is 0 Å². The number of ether oxygens (including phenoxy) is 8. The van der Waals surface area contributed by atoms with E-state index in [1.807, 2.05) is 0 Å². The Balaban J connectivity index is 1.29. The third kappa shape index (κ3) is 10.1. The summed E-state index contributed by atoms with van der Waals surface area (Å²) in [5.41, 5.74) is 0.789. The summed E-state index contributed by atoms with van der Waals surface area (Å²) in [6.07, 6.45) is -0.748. The Bertz CT molecular complexity index is 1180. The Morgan fingerprint density at radius 2 is 0.875 bits per heavy atom. The second-order valence-electron chi connectivity index (χ2n) is 8.60. The predicted octanol–water partition coefficient (Wildman–Crippen LogP) is 4.90. The third-order valence-electron chi connectivity index (χ3n) is 5.53. The molecule has 0 N–H and O–H groups in total. The monoisotopic (exact) mass is 554 g/mol. The van der Waals surface area contributed by atoms with Crippen molar-refractivity contribution >= 4 is 11.9 Å². The van der Waals surface area contributed by atoms with Crippen molar-refractivity contribution in [3.8, 4) is 23.0 Å². The molecule has 0 amide bonds. The fourth-order valence-corrected chi connectivity index (χ4v) is 3.17. The maximum absolute atomic E-state index is 12.3. The largest absolute Gasteiger partial charge is 0.497 e. The van der Waals surface area contributed by atoms with Gasteiger partial charge in [0.25, 0.3) is 0 Å². The van der Waals surface area contributed by atoms with Crippen LogP contribution < -0.4 is 18.9 Å². The number of carbonyl (C=O) groups excluding carboxylic acids is 2. The van der Waals surface area contributed by atoms with Gasteiger partial charge in [-0.2, -0.15) is 0 Å². The summed E-state index contributed by atoms with van der Waals surface area (Å²) in [6.45, 7) is 3.64. The highest BCUT2D eigenvalue weighted by Crippen LogP contribution is 2.17. The summed E-state index contributed by atoms with van der Waals surface area (Å²) < 4.78 is 42.9. The average molecular weight is 555 g/mol. The second-order valence-corrected chi connectivity index (χ2v) is 8.60. The molecule has 0 aliphatic carbocycles. The van der Waals surface area contributed by atoms with Gasteiger partial charge in [0.15, 0.2) is 13.6 Å². The Labute approximate surface area is 233 Å². The molecule has 0 aliphatic heterocycles. The molecule has 0 radical (unpaired) electrons. The van der Waals surface area contributed by atoms with Gasteiger partial charge >= 0.3 is 11.9 Å². The molecule has 0 bridgehead atoms. The van der Waals surface area contributed by atoms with Gasteiger partial charge in [-0.15, -0.1) is 0 Å². The third-order valence-corrected chi connectivity index (χ3v) is 5.53. The molecule has 0 aromatic heterocycles. The van der Waals surface area contributed by atoms with Crippen molar-refractivity contribution in [2.45, 2.75) is 26.1 Å². The smallest absolute Gasteiger partial charge is 0.338 e. The predicted molar refractivity (Wildman–Crippen MR) is 145 cm³/mol. The maximum Gasteiger partial charge on any atom is 0.338 e. The zero-order valence-corrected chi connectivity index (χ0v) is 23.0. The first kappa shape index (κ1) is 30.3. The zero-order chi connectivity index (χ0) is 28.7.